The molecule has 1 aliphatic rings. The van der Waals surface area contributed by atoms with Crippen LogP contribution in [0.3, 0.4) is 0 Å². The Hall–Kier alpha value is -2.34. The number of halogens is 1. The molecule has 2 aromatic rings. The van der Waals surface area contributed by atoms with Crippen LogP contribution in [0, 0.1) is 5.82 Å². The van der Waals surface area contributed by atoms with Crippen molar-refractivity contribution in [1.82, 2.24) is 14.9 Å². The van der Waals surface area contributed by atoms with E-state index < -0.39 is 0 Å². The zero-order valence-electron chi connectivity index (χ0n) is 13.0. The molecule has 0 bridgehead atoms. The van der Waals surface area contributed by atoms with E-state index in [0.29, 0.717) is 12.5 Å². The van der Waals surface area contributed by atoms with Gasteiger partial charge in [0.05, 0.1) is 5.69 Å². The lowest BCUT2D eigenvalue weighted by Crippen LogP contribution is -2.28. The third-order valence-corrected chi connectivity index (χ3v) is 4.03. The molecule has 1 saturated heterocycles. The maximum atomic E-state index is 13.1. The summed E-state index contributed by atoms with van der Waals surface area (Å²) in [6.07, 6.45) is 6.29. The summed E-state index contributed by atoms with van der Waals surface area (Å²) in [6.45, 7) is 2.53. The van der Waals surface area contributed by atoms with Gasteiger partial charge >= 0.3 is 0 Å². The van der Waals surface area contributed by atoms with Gasteiger partial charge in [0.1, 0.15) is 18.6 Å². The number of nitrogens with zero attached hydrogens (tertiary/aromatic N) is 4. The number of rotatable bonds is 5. The van der Waals surface area contributed by atoms with Gasteiger partial charge in [-0.1, -0.05) is 17.3 Å². The van der Waals surface area contributed by atoms with E-state index in [4.69, 9.17) is 4.84 Å². The molecule has 1 aromatic carbocycles. The molecular formula is C17H19FN4O. The first-order valence-electron chi connectivity index (χ1n) is 7.60. The van der Waals surface area contributed by atoms with E-state index >= 15 is 0 Å². The lowest BCUT2D eigenvalue weighted by molar-refractivity contribution is 0.211. The molecule has 0 spiro atoms. The van der Waals surface area contributed by atoms with Crippen molar-refractivity contribution in [3.63, 3.8) is 0 Å². The minimum absolute atomic E-state index is 0.255. The van der Waals surface area contributed by atoms with E-state index in [1.165, 1.54) is 19.2 Å². The summed E-state index contributed by atoms with van der Waals surface area (Å²) in [5.74, 6) is 0.134. The van der Waals surface area contributed by atoms with Gasteiger partial charge in [0.25, 0.3) is 0 Å². The van der Waals surface area contributed by atoms with Crippen molar-refractivity contribution < 1.29 is 9.23 Å². The average molecular weight is 314 g/mol. The van der Waals surface area contributed by atoms with Crippen LogP contribution in [0.25, 0.3) is 0 Å². The molecule has 3 rings (SSSR count). The highest BCUT2D eigenvalue weighted by molar-refractivity contribution is 6.01. The Morgan fingerprint density at radius 2 is 2.17 bits per heavy atom. The second-order valence-electron chi connectivity index (χ2n) is 5.58. The Morgan fingerprint density at radius 3 is 2.87 bits per heavy atom. The Kier molecular flexibility index (Phi) is 4.92. The molecule has 1 aromatic heterocycles. The van der Waals surface area contributed by atoms with E-state index in [-0.39, 0.29) is 5.82 Å². The van der Waals surface area contributed by atoms with Crippen molar-refractivity contribution in [3.8, 4) is 0 Å². The SMILES string of the molecule is CON=C(CN1CCC(c2cnccn2)C1)c1ccc(F)cc1. The first-order valence-corrected chi connectivity index (χ1v) is 7.60. The van der Waals surface area contributed by atoms with Crippen LogP contribution in [0.4, 0.5) is 4.39 Å². The first-order chi connectivity index (χ1) is 11.3. The monoisotopic (exact) mass is 314 g/mol. The summed E-state index contributed by atoms with van der Waals surface area (Å²) >= 11 is 0. The molecule has 23 heavy (non-hydrogen) atoms. The molecule has 0 N–H and O–H groups in total. The number of benzene rings is 1. The van der Waals surface area contributed by atoms with Crippen molar-refractivity contribution in [3.05, 3.63) is 59.9 Å². The van der Waals surface area contributed by atoms with Crippen molar-refractivity contribution >= 4 is 5.71 Å². The number of aromatic nitrogens is 2. The highest BCUT2D eigenvalue weighted by atomic mass is 19.1. The molecule has 6 heteroatoms. The lowest BCUT2D eigenvalue weighted by Gasteiger charge is -2.17. The van der Waals surface area contributed by atoms with E-state index in [9.17, 15) is 4.39 Å². The minimum atomic E-state index is -0.255. The second kappa shape index (κ2) is 7.28. The maximum absolute atomic E-state index is 13.1. The molecule has 5 nitrogen and oxygen atoms in total. The third-order valence-electron chi connectivity index (χ3n) is 4.03. The Balaban J connectivity index is 1.68. The maximum Gasteiger partial charge on any atom is 0.123 e. The summed E-state index contributed by atoms with van der Waals surface area (Å²) in [6, 6.07) is 6.33. The van der Waals surface area contributed by atoms with Crippen molar-refractivity contribution in [1.29, 1.82) is 0 Å². The molecule has 0 saturated carbocycles. The van der Waals surface area contributed by atoms with Gasteiger partial charge in [-0.2, -0.15) is 0 Å². The van der Waals surface area contributed by atoms with Gasteiger partial charge in [0.2, 0.25) is 0 Å². The Morgan fingerprint density at radius 1 is 1.35 bits per heavy atom. The molecule has 0 aliphatic carbocycles. The van der Waals surface area contributed by atoms with Crippen LogP contribution < -0.4 is 0 Å². The van der Waals surface area contributed by atoms with E-state index in [2.05, 4.69) is 20.0 Å². The molecular weight excluding hydrogens is 295 g/mol. The van der Waals surface area contributed by atoms with Gasteiger partial charge < -0.3 is 4.84 Å². The van der Waals surface area contributed by atoms with Crippen LogP contribution in [-0.4, -0.2) is 47.3 Å². The van der Waals surface area contributed by atoms with Gasteiger partial charge in [-0.3, -0.25) is 14.9 Å². The highest BCUT2D eigenvalue weighted by Gasteiger charge is 2.26. The van der Waals surface area contributed by atoms with E-state index in [1.807, 2.05) is 6.20 Å². The molecule has 1 fully saturated rings. The van der Waals surface area contributed by atoms with Gasteiger partial charge in [0.15, 0.2) is 0 Å². The molecule has 1 unspecified atom stereocenters. The number of hydrogen-bond donors (Lipinski definition) is 0. The van der Waals surface area contributed by atoms with Gasteiger partial charge in [-0.15, -0.1) is 0 Å². The zero-order chi connectivity index (χ0) is 16.1. The summed E-state index contributed by atoms with van der Waals surface area (Å²) in [4.78, 5) is 15.8. The highest BCUT2D eigenvalue weighted by Crippen LogP contribution is 2.25. The van der Waals surface area contributed by atoms with Crippen LogP contribution in [0.1, 0.15) is 23.6 Å². The fourth-order valence-corrected chi connectivity index (χ4v) is 2.88. The Labute approximate surface area is 134 Å². The summed E-state index contributed by atoms with van der Waals surface area (Å²) in [5, 5.41) is 4.11. The smallest absolute Gasteiger partial charge is 0.123 e. The predicted molar refractivity (Wildman–Crippen MR) is 85.8 cm³/mol. The quantitative estimate of drug-likeness (QED) is 0.628. The van der Waals surface area contributed by atoms with Crippen LogP contribution >= 0.6 is 0 Å². The van der Waals surface area contributed by atoms with Gasteiger partial charge in [-0.05, 0) is 25.1 Å². The first kappa shape index (κ1) is 15.6. The van der Waals surface area contributed by atoms with Crippen molar-refractivity contribution in [2.45, 2.75) is 12.3 Å². The number of likely N-dealkylation sites (tertiary alicyclic amines) is 1. The lowest BCUT2D eigenvalue weighted by atomic mass is 10.1. The fourth-order valence-electron chi connectivity index (χ4n) is 2.88. The molecule has 120 valence electrons. The average Bonchev–Trinajstić information content (AvgIpc) is 3.05. The minimum Gasteiger partial charge on any atom is -0.399 e. The van der Waals surface area contributed by atoms with Crippen LogP contribution in [0.15, 0.2) is 48.0 Å². The number of oxime groups is 1. The van der Waals surface area contributed by atoms with Gasteiger partial charge in [-0.25, -0.2) is 4.39 Å². The zero-order valence-corrected chi connectivity index (χ0v) is 13.0. The normalized spacial score (nSPS) is 19.0. The molecule has 1 atom stereocenters. The Bertz CT molecular complexity index is 660. The van der Waals surface area contributed by atoms with E-state index in [0.717, 1.165) is 36.5 Å². The van der Waals surface area contributed by atoms with Crippen molar-refractivity contribution in [2.24, 2.45) is 5.16 Å². The van der Waals surface area contributed by atoms with E-state index in [1.54, 1.807) is 24.5 Å². The van der Waals surface area contributed by atoms with Gasteiger partial charge in [0, 0.05) is 43.2 Å². The largest absolute Gasteiger partial charge is 0.399 e. The van der Waals surface area contributed by atoms with Crippen molar-refractivity contribution in [2.75, 3.05) is 26.7 Å². The fraction of sp³-hybridized carbons (Fsp3) is 0.353. The molecule has 0 amide bonds. The molecule has 1 aliphatic heterocycles. The molecule has 0 radical (unpaired) electrons. The summed E-state index contributed by atoms with van der Waals surface area (Å²) in [5.41, 5.74) is 2.70. The molecule has 2 heterocycles. The predicted octanol–water partition coefficient (Wildman–Crippen LogP) is 2.46. The van der Waals surface area contributed by atoms with Crippen LogP contribution in [-0.2, 0) is 4.84 Å². The summed E-state index contributed by atoms with van der Waals surface area (Å²) in [7, 11) is 1.52. The summed E-state index contributed by atoms with van der Waals surface area (Å²) < 4.78 is 13.1. The second-order valence-corrected chi connectivity index (χ2v) is 5.58. The standard InChI is InChI=1S/C17H19FN4O/c1-23-21-17(13-2-4-15(18)5-3-13)12-22-9-6-14(11-22)16-10-19-7-8-20-16/h2-5,7-8,10,14H,6,9,11-12H2,1H3. The number of hydrogen-bond acceptors (Lipinski definition) is 5. The third kappa shape index (κ3) is 3.90. The topological polar surface area (TPSA) is 50.6 Å². The van der Waals surface area contributed by atoms with Crippen LogP contribution in [0.2, 0.25) is 0 Å². The van der Waals surface area contributed by atoms with Crippen LogP contribution in [0.5, 0.6) is 0 Å².